The highest BCUT2D eigenvalue weighted by atomic mass is 35.5. The lowest BCUT2D eigenvalue weighted by Gasteiger charge is -2.24. The third kappa shape index (κ3) is 13.8. The predicted molar refractivity (Wildman–Crippen MR) is 194 cm³/mol. The smallest absolute Gasteiger partial charge is 0.243 e. The lowest BCUT2D eigenvalue weighted by atomic mass is 9.95. The lowest BCUT2D eigenvalue weighted by molar-refractivity contribution is -0.132. The van der Waals surface area contributed by atoms with E-state index in [-0.39, 0.29) is 99.4 Å². The van der Waals surface area contributed by atoms with Crippen molar-refractivity contribution in [3.8, 4) is 22.6 Å². The number of phenols is 2. The van der Waals surface area contributed by atoms with Crippen molar-refractivity contribution in [1.82, 2.24) is 21.3 Å². The Morgan fingerprint density at radius 2 is 1.40 bits per heavy atom. The molecule has 48 heavy (non-hydrogen) atoms. The van der Waals surface area contributed by atoms with E-state index in [2.05, 4.69) is 21.3 Å². The van der Waals surface area contributed by atoms with Crippen LogP contribution in [0.3, 0.4) is 0 Å². The van der Waals surface area contributed by atoms with E-state index in [9.17, 15) is 29.4 Å². The van der Waals surface area contributed by atoms with Gasteiger partial charge in [0.05, 0.1) is 12.1 Å². The standard InChI is InChI=1S/C30H44N8O6.4ClH/c31-9-1-4-23-30(44)38-24(29(43)35-11-2-3-21(33)27(41)36-12-10-32)16-20-14-18(6-8-26(20)40)17-5-7-25(39)19(13-17)15-22(34)28(42)37-23;;;;/h5-8,13-14,21-24,39-40H,1-4,9-12,15-16,31-34H2,(H,35,43)(H,36,41)(H,37,42)(H,38,44);4*1H/t21-,22-,23-,24-;;;;/m0..../s1. The molecule has 2 aromatic rings. The Morgan fingerprint density at radius 1 is 0.812 bits per heavy atom. The molecule has 0 saturated carbocycles. The van der Waals surface area contributed by atoms with Gasteiger partial charge in [0.2, 0.25) is 23.6 Å². The van der Waals surface area contributed by atoms with Crippen LogP contribution in [-0.4, -0.2) is 84.2 Å². The fourth-order valence-electron chi connectivity index (χ4n) is 4.87. The molecule has 0 fully saturated rings. The first-order chi connectivity index (χ1) is 21.0. The molecule has 0 radical (unpaired) electrons. The molecular formula is C30H48Cl4N8O6. The quantitative estimate of drug-likeness (QED) is 0.136. The van der Waals surface area contributed by atoms with Crippen molar-refractivity contribution >= 4 is 73.3 Å². The van der Waals surface area contributed by atoms with E-state index in [4.69, 9.17) is 22.9 Å². The first kappa shape index (κ1) is 47.0. The third-order valence-electron chi connectivity index (χ3n) is 7.43. The minimum atomic E-state index is -1.13. The molecule has 2 aromatic carbocycles. The number of benzene rings is 2. The normalized spacial score (nSPS) is 17.9. The SMILES string of the molecule is Cl.Cl.Cl.Cl.NCCC[C@@H]1NC(=O)[C@@H](N)Cc2cc(ccc2O)-c2ccc(O)c(c2)C[C@@H](C(=O)NCCC[C@H](N)C(=O)NCCN)NC1=O. The second kappa shape index (κ2) is 23.3. The van der Waals surface area contributed by atoms with Crippen LogP contribution in [0.2, 0.25) is 0 Å². The van der Waals surface area contributed by atoms with Gasteiger partial charge in [-0.25, -0.2) is 0 Å². The van der Waals surface area contributed by atoms with E-state index < -0.39 is 41.9 Å². The van der Waals surface area contributed by atoms with Crippen molar-refractivity contribution < 1.29 is 29.4 Å². The van der Waals surface area contributed by atoms with Crippen LogP contribution in [0.25, 0.3) is 11.1 Å². The number of carbonyl (C=O) groups excluding carboxylic acids is 4. The summed E-state index contributed by atoms with van der Waals surface area (Å²) in [6.07, 6.45) is 1.24. The van der Waals surface area contributed by atoms with Gasteiger partial charge >= 0.3 is 0 Å². The number of nitrogens with two attached hydrogens (primary N) is 4. The maximum atomic E-state index is 13.5. The number of phenolic OH excluding ortho intramolecular Hbond substituents is 2. The first-order valence-corrected chi connectivity index (χ1v) is 14.8. The maximum absolute atomic E-state index is 13.5. The van der Waals surface area contributed by atoms with Crippen molar-refractivity contribution in [2.45, 2.75) is 62.7 Å². The van der Waals surface area contributed by atoms with Crippen molar-refractivity contribution in [1.29, 1.82) is 0 Å². The van der Waals surface area contributed by atoms with Gasteiger partial charge in [0.1, 0.15) is 23.6 Å². The number of nitrogens with one attached hydrogen (secondary N) is 4. The van der Waals surface area contributed by atoms with Crippen LogP contribution in [0, 0.1) is 0 Å². The van der Waals surface area contributed by atoms with E-state index in [1.165, 1.54) is 12.1 Å². The van der Waals surface area contributed by atoms with Gasteiger partial charge < -0.3 is 54.4 Å². The third-order valence-corrected chi connectivity index (χ3v) is 7.43. The molecule has 0 spiro atoms. The zero-order valence-corrected chi connectivity index (χ0v) is 29.6. The molecule has 1 aliphatic rings. The first-order valence-electron chi connectivity index (χ1n) is 14.8. The van der Waals surface area contributed by atoms with E-state index in [0.29, 0.717) is 54.6 Å². The van der Waals surface area contributed by atoms with E-state index >= 15 is 0 Å². The van der Waals surface area contributed by atoms with Gasteiger partial charge in [-0.3, -0.25) is 19.2 Å². The molecule has 1 aliphatic heterocycles. The number of hydrogen-bond donors (Lipinski definition) is 10. The number of carbonyl (C=O) groups is 4. The zero-order chi connectivity index (χ0) is 32.2. The van der Waals surface area contributed by atoms with Crippen LogP contribution in [-0.2, 0) is 32.0 Å². The van der Waals surface area contributed by atoms with Crippen LogP contribution < -0.4 is 44.2 Å². The zero-order valence-electron chi connectivity index (χ0n) is 26.3. The molecule has 4 atom stereocenters. The fraction of sp³-hybridized carbons (Fsp3) is 0.467. The van der Waals surface area contributed by atoms with Crippen LogP contribution in [0.15, 0.2) is 36.4 Å². The average Bonchev–Trinajstić information content (AvgIpc) is 3.00. The number of halogens is 4. The van der Waals surface area contributed by atoms with Gasteiger partial charge in [-0.1, -0.05) is 12.1 Å². The molecule has 0 aliphatic carbocycles. The summed E-state index contributed by atoms with van der Waals surface area (Å²) in [5.74, 6) is -2.20. The molecule has 1 heterocycles. The molecule has 272 valence electrons. The summed E-state index contributed by atoms with van der Waals surface area (Å²) in [4.78, 5) is 51.9. The van der Waals surface area contributed by atoms with Gasteiger partial charge in [-0.05, 0) is 78.7 Å². The van der Waals surface area contributed by atoms with E-state index in [1.54, 1.807) is 24.3 Å². The summed E-state index contributed by atoms with van der Waals surface area (Å²) >= 11 is 0. The monoisotopic (exact) mass is 756 g/mol. The molecule has 0 aromatic heterocycles. The molecule has 14 nitrogen and oxygen atoms in total. The highest BCUT2D eigenvalue weighted by Gasteiger charge is 2.29. The van der Waals surface area contributed by atoms with E-state index in [1.807, 2.05) is 0 Å². The summed E-state index contributed by atoms with van der Waals surface area (Å²) in [5.41, 5.74) is 25.4. The topological polar surface area (TPSA) is 261 Å². The number of hydrogen-bond acceptors (Lipinski definition) is 10. The van der Waals surface area contributed by atoms with Crippen molar-refractivity contribution in [3.63, 3.8) is 0 Å². The van der Waals surface area contributed by atoms with Crippen LogP contribution in [0.1, 0.15) is 36.8 Å². The minimum Gasteiger partial charge on any atom is -0.508 e. The number of amides is 4. The molecule has 3 rings (SSSR count). The van der Waals surface area contributed by atoms with Crippen LogP contribution in [0.4, 0.5) is 0 Å². The maximum Gasteiger partial charge on any atom is 0.243 e. The molecular weight excluding hydrogens is 710 g/mol. The summed E-state index contributed by atoms with van der Waals surface area (Å²) in [6.45, 7) is 1.04. The molecule has 14 N–H and O–H groups in total. The summed E-state index contributed by atoms with van der Waals surface area (Å²) in [7, 11) is 0. The van der Waals surface area contributed by atoms with Gasteiger partial charge in [-0.2, -0.15) is 0 Å². The molecule has 4 bridgehead atoms. The Kier molecular flexibility index (Phi) is 22.8. The predicted octanol–water partition coefficient (Wildman–Crippen LogP) is -0.115. The molecule has 0 unspecified atom stereocenters. The molecule has 4 amide bonds. The Labute approximate surface area is 304 Å². The van der Waals surface area contributed by atoms with Gasteiger partial charge in [0, 0.05) is 32.5 Å². The number of fused-ring (bicyclic) bond motifs is 5. The summed E-state index contributed by atoms with van der Waals surface area (Å²) in [5, 5.41) is 31.9. The van der Waals surface area contributed by atoms with Gasteiger partial charge in [-0.15, -0.1) is 49.6 Å². The minimum absolute atomic E-state index is 0. The summed E-state index contributed by atoms with van der Waals surface area (Å²) < 4.78 is 0. The van der Waals surface area contributed by atoms with E-state index in [0.717, 1.165) is 0 Å². The number of rotatable bonds is 11. The van der Waals surface area contributed by atoms with Crippen LogP contribution >= 0.6 is 49.6 Å². The Bertz CT molecular complexity index is 1340. The molecule has 18 heteroatoms. The number of aromatic hydroxyl groups is 2. The highest BCUT2D eigenvalue weighted by Crippen LogP contribution is 2.30. The lowest BCUT2D eigenvalue weighted by Crippen LogP contribution is -2.56. The second-order valence-corrected chi connectivity index (χ2v) is 10.9. The second-order valence-electron chi connectivity index (χ2n) is 10.9. The van der Waals surface area contributed by atoms with Gasteiger partial charge in [0.25, 0.3) is 0 Å². The Balaban J connectivity index is 0. The Hall–Kier alpha value is -3.08. The van der Waals surface area contributed by atoms with Crippen molar-refractivity contribution in [2.75, 3.05) is 26.2 Å². The highest BCUT2D eigenvalue weighted by molar-refractivity contribution is 5.93. The van der Waals surface area contributed by atoms with Crippen LogP contribution in [0.5, 0.6) is 11.5 Å². The fourth-order valence-corrected chi connectivity index (χ4v) is 4.87. The summed E-state index contributed by atoms with van der Waals surface area (Å²) in [6, 6.07) is 5.76. The van der Waals surface area contributed by atoms with Crippen molar-refractivity contribution in [3.05, 3.63) is 47.5 Å². The van der Waals surface area contributed by atoms with Crippen molar-refractivity contribution in [2.24, 2.45) is 22.9 Å². The molecule has 0 saturated heterocycles. The average molecular weight is 759 g/mol. The largest absolute Gasteiger partial charge is 0.508 e. The Morgan fingerprint density at radius 3 is 1.96 bits per heavy atom. The van der Waals surface area contributed by atoms with Gasteiger partial charge in [0.15, 0.2) is 0 Å².